The summed E-state index contributed by atoms with van der Waals surface area (Å²) in [6.45, 7) is 3.19. The molecule has 37 heavy (non-hydrogen) atoms. The second-order valence-corrected chi connectivity index (χ2v) is 10.3. The van der Waals surface area contributed by atoms with Crippen LogP contribution < -0.4 is 9.46 Å². The molecule has 3 heterocycles. The van der Waals surface area contributed by atoms with E-state index >= 15 is 0 Å². The molecule has 0 unspecified atom stereocenters. The number of ether oxygens (including phenoxy) is 2. The molecule has 12 nitrogen and oxygen atoms in total. The molecule has 1 aliphatic heterocycles. The minimum Gasteiger partial charge on any atom is -0.506 e. The first kappa shape index (κ1) is 26.1. The van der Waals surface area contributed by atoms with Crippen LogP contribution in [0.15, 0.2) is 53.1 Å². The number of para-hydroxylation sites is 1. The standard InChI is InChI=1S/C23H22ClN7O5S/c1-13-7-5-8-16(27-13)22-28-29-23(31(22)19-17(32)9-6-10-18(19)35-3)30-37(33,34)14(2)20(36-4)21-25-11-15(24)12-26-21/h6-7,9-12,14,20,32H,1-4H3,(H,29,30)/t14-,20-/m0/s1. The predicted octanol–water partition coefficient (Wildman–Crippen LogP) is 3.07. The van der Waals surface area contributed by atoms with Crippen molar-refractivity contribution >= 4 is 39.0 Å². The van der Waals surface area contributed by atoms with E-state index < -0.39 is 21.4 Å². The first-order valence-corrected chi connectivity index (χ1v) is 12.7. The zero-order valence-electron chi connectivity index (χ0n) is 20.2. The van der Waals surface area contributed by atoms with Gasteiger partial charge in [-0.05, 0) is 31.7 Å². The Kier molecular flexibility index (Phi) is 7.44. The van der Waals surface area contributed by atoms with Gasteiger partial charge in [-0.3, -0.25) is 9.29 Å². The van der Waals surface area contributed by atoms with Crippen molar-refractivity contribution in [2.75, 3.05) is 18.9 Å². The number of benzene rings is 1. The number of sulfonamides is 1. The number of aromatic hydroxyl groups is 1. The molecule has 1 aromatic carbocycles. The Hall–Kier alpha value is -3.99. The van der Waals surface area contributed by atoms with Gasteiger partial charge in [0, 0.05) is 31.3 Å². The molecule has 0 saturated carbocycles. The number of aromatic nitrogens is 5. The fraction of sp³-hybridized carbons (Fsp3) is 0.261. The van der Waals surface area contributed by atoms with Crippen LogP contribution in [0.25, 0.3) is 11.4 Å². The van der Waals surface area contributed by atoms with Gasteiger partial charge in [0.05, 0.1) is 12.1 Å². The van der Waals surface area contributed by atoms with E-state index in [2.05, 4.69) is 41.3 Å². The van der Waals surface area contributed by atoms with Crippen LogP contribution in [0.2, 0.25) is 5.02 Å². The number of hydrogen-bond donors (Lipinski definition) is 2. The van der Waals surface area contributed by atoms with Crippen molar-refractivity contribution in [1.29, 1.82) is 0 Å². The lowest BCUT2D eigenvalue weighted by atomic mass is 10.2. The first-order valence-electron chi connectivity index (χ1n) is 10.8. The summed E-state index contributed by atoms with van der Waals surface area (Å²) in [6.07, 6.45) is 3.28. The van der Waals surface area contributed by atoms with Crippen molar-refractivity contribution in [3.05, 3.63) is 64.8 Å². The van der Waals surface area contributed by atoms with Crippen LogP contribution in [0.3, 0.4) is 0 Å². The number of allylic oxidation sites excluding steroid dienone is 1. The summed E-state index contributed by atoms with van der Waals surface area (Å²) >= 11 is 5.86. The van der Waals surface area contributed by atoms with Crippen LogP contribution in [-0.2, 0) is 14.8 Å². The second kappa shape index (κ2) is 10.6. The lowest BCUT2D eigenvalue weighted by Crippen LogP contribution is -2.33. The molecule has 0 spiro atoms. The fourth-order valence-corrected chi connectivity index (χ4v) is 4.75. The topological polar surface area (TPSA) is 154 Å². The van der Waals surface area contributed by atoms with Crippen LogP contribution in [0, 0.1) is 0 Å². The molecule has 0 bridgehead atoms. The minimum absolute atomic E-state index is 0.0921. The number of rotatable bonds is 9. The van der Waals surface area contributed by atoms with E-state index in [1.54, 1.807) is 25.1 Å². The molecule has 14 heteroatoms. The zero-order chi connectivity index (χ0) is 26.7. The number of aliphatic imine (C=N–C) groups is 1. The Labute approximate surface area is 217 Å². The van der Waals surface area contributed by atoms with E-state index in [-0.39, 0.29) is 40.5 Å². The Balaban J connectivity index is 1.83. The van der Waals surface area contributed by atoms with Gasteiger partial charge < -0.3 is 14.6 Å². The van der Waals surface area contributed by atoms with E-state index in [1.807, 2.05) is 0 Å². The molecule has 0 saturated heterocycles. The van der Waals surface area contributed by atoms with Gasteiger partial charge in [-0.15, -0.1) is 10.2 Å². The van der Waals surface area contributed by atoms with Gasteiger partial charge in [-0.1, -0.05) is 23.4 Å². The highest BCUT2D eigenvalue weighted by atomic mass is 35.5. The molecular weight excluding hydrogens is 522 g/mol. The summed E-state index contributed by atoms with van der Waals surface area (Å²) in [6, 6.07) is 4.59. The summed E-state index contributed by atoms with van der Waals surface area (Å²) in [5.41, 5.74) is 6.60. The van der Waals surface area contributed by atoms with E-state index in [0.717, 1.165) is 0 Å². The second-order valence-electron chi connectivity index (χ2n) is 7.79. The average molecular weight is 544 g/mol. The number of halogens is 1. The summed E-state index contributed by atoms with van der Waals surface area (Å²) < 4.78 is 41.5. The summed E-state index contributed by atoms with van der Waals surface area (Å²) in [5.74, 6) is 0.00781. The Bertz CT molecular complexity index is 1570. The molecule has 0 fully saturated rings. The molecule has 2 atom stereocenters. The van der Waals surface area contributed by atoms with Crippen molar-refractivity contribution in [2.24, 2.45) is 4.99 Å². The zero-order valence-corrected chi connectivity index (χ0v) is 21.7. The monoisotopic (exact) mass is 543 g/mol. The SMILES string of the molecule is COc1cccc(O)c1-n1c(NS(=O)(=O)[C@@H](C)[C@H](OC)c2ncc(Cl)cn2)nnc1C1=C=C=CC(C)=N1. The van der Waals surface area contributed by atoms with Crippen LogP contribution in [0.4, 0.5) is 5.95 Å². The summed E-state index contributed by atoms with van der Waals surface area (Å²) in [5, 5.41) is 18.0. The molecule has 2 N–H and O–H groups in total. The highest BCUT2D eigenvalue weighted by Crippen LogP contribution is 2.36. The number of anilines is 1. The van der Waals surface area contributed by atoms with Crippen molar-refractivity contribution in [3.8, 4) is 17.2 Å². The molecule has 4 rings (SSSR count). The molecule has 192 valence electrons. The molecule has 1 aliphatic rings. The van der Waals surface area contributed by atoms with Gasteiger partial charge in [0.2, 0.25) is 16.0 Å². The van der Waals surface area contributed by atoms with Crippen molar-refractivity contribution in [2.45, 2.75) is 25.2 Å². The van der Waals surface area contributed by atoms with Gasteiger partial charge in [0.15, 0.2) is 17.3 Å². The van der Waals surface area contributed by atoms with Gasteiger partial charge in [0.25, 0.3) is 0 Å². The quantitative estimate of drug-likeness (QED) is 0.387. The number of nitrogens with one attached hydrogen (secondary N) is 1. The normalized spacial score (nSPS) is 14.6. The van der Waals surface area contributed by atoms with Gasteiger partial charge >= 0.3 is 0 Å². The fourth-order valence-electron chi connectivity index (χ4n) is 3.53. The lowest BCUT2D eigenvalue weighted by Gasteiger charge is -2.22. The van der Waals surface area contributed by atoms with E-state index in [1.165, 1.54) is 44.2 Å². The number of hydrogen-bond acceptors (Lipinski definition) is 10. The van der Waals surface area contributed by atoms with Crippen LogP contribution in [0.5, 0.6) is 11.5 Å². The first-order chi connectivity index (χ1) is 17.7. The Morgan fingerprint density at radius 3 is 2.57 bits per heavy atom. The molecule has 3 aromatic rings. The predicted molar refractivity (Wildman–Crippen MR) is 136 cm³/mol. The number of phenols is 1. The summed E-state index contributed by atoms with van der Waals surface area (Å²) in [7, 11) is -1.44. The highest BCUT2D eigenvalue weighted by Gasteiger charge is 2.35. The van der Waals surface area contributed by atoms with Gasteiger partial charge in [0.1, 0.15) is 28.5 Å². The minimum atomic E-state index is -4.20. The smallest absolute Gasteiger partial charge is 0.243 e. The van der Waals surface area contributed by atoms with Crippen LogP contribution >= 0.6 is 11.6 Å². The van der Waals surface area contributed by atoms with E-state index in [9.17, 15) is 13.5 Å². The van der Waals surface area contributed by atoms with Crippen LogP contribution in [-0.4, -0.2) is 63.4 Å². The van der Waals surface area contributed by atoms with Crippen molar-refractivity contribution < 1.29 is 23.0 Å². The molecule has 0 aliphatic carbocycles. The lowest BCUT2D eigenvalue weighted by molar-refractivity contribution is 0.0950. The number of phenolic OH excluding ortho intramolecular Hbond substituents is 1. The highest BCUT2D eigenvalue weighted by molar-refractivity contribution is 7.93. The van der Waals surface area contributed by atoms with Gasteiger partial charge in [-0.25, -0.2) is 23.4 Å². The molecular formula is C23H22ClN7O5S. The van der Waals surface area contributed by atoms with Crippen LogP contribution in [0.1, 0.15) is 31.6 Å². The van der Waals surface area contributed by atoms with Gasteiger partial charge in [-0.2, -0.15) is 0 Å². The maximum atomic E-state index is 13.5. The third-order valence-electron chi connectivity index (χ3n) is 5.35. The summed E-state index contributed by atoms with van der Waals surface area (Å²) in [4.78, 5) is 12.6. The third kappa shape index (κ3) is 5.26. The van der Waals surface area contributed by atoms with E-state index in [0.29, 0.717) is 10.7 Å². The Morgan fingerprint density at radius 1 is 1.19 bits per heavy atom. The maximum absolute atomic E-state index is 13.5. The average Bonchev–Trinajstić information content (AvgIpc) is 3.27. The maximum Gasteiger partial charge on any atom is 0.243 e. The molecule has 0 radical (unpaired) electrons. The molecule has 0 amide bonds. The Morgan fingerprint density at radius 2 is 1.92 bits per heavy atom. The number of nitrogens with zero attached hydrogens (tertiary/aromatic N) is 6. The molecule has 2 aromatic heterocycles. The number of methoxy groups -OCH3 is 2. The van der Waals surface area contributed by atoms with Crippen molar-refractivity contribution in [3.63, 3.8) is 0 Å². The van der Waals surface area contributed by atoms with Crippen molar-refractivity contribution in [1.82, 2.24) is 24.7 Å². The largest absolute Gasteiger partial charge is 0.506 e. The van der Waals surface area contributed by atoms with E-state index in [4.69, 9.17) is 21.1 Å². The third-order valence-corrected chi connectivity index (χ3v) is 7.24.